The molecule has 0 aromatic carbocycles. The molecule has 0 fully saturated rings. The average molecular weight is 244 g/mol. The lowest BCUT2D eigenvalue weighted by Gasteiger charge is -2.13. The Labute approximate surface area is 101 Å². The third-order valence-electron chi connectivity index (χ3n) is 2.36. The van der Waals surface area contributed by atoms with Crippen LogP contribution in [0.4, 0.5) is 5.69 Å². The van der Waals surface area contributed by atoms with Crippen LogP contribution in [0.15, 0.2) is 0 Å². The van der Waals surface area contributed by atoms with Crippen molar-refractivity contribution in [2.45, 2.75) is 33.6 Å². The minimum atomic E-state index is 0.171. The van der Waals surface area contributed by atoms with Gasteiger partial charge in [0.15, 0.2) is 0 Å². The van der Waals surface area contributed by atoms with Crippen molar-refractivity contribution in [2.75, 3.05) is 12.3 Å². The third kappa shape index (κ3) is 3.52. The van der Waals surface area contributed by atoms with Crippen LogP contribution in [0.2, 0.25) is 5.28 Å². The fourth-order valence-electron chi connectivity index (χ4n) is 1.43. The summed E-state index contributed by atoms with van der Waals surface area (Å²) in [7, 11) is 0. The Bertz CT molecular complexity index is 357. The van der Waals surface area contributed by atoms with E-state index in [0.29, 0.717) is 29.8 Å². The zero-order chi connectivity index (χ0) is 12.1. The van der Waals surface area contributed by atoms with Crippen molar-refractivity contribution in [2.24, 2.45) is 5.92 Å². The Morgan fingerprint density at radius 1 is 1.44 bits per heavy atom. The molecule has 1 rings (SSSR count). The maximum Gasteiger partial charge on any atom is 0.241 e. The molecule has 0 radical (unpaired) electrons. The van der Waals surface area contributed by atoms with E-state index in [-0.39, 0.29) is 5.28 Å². The molecule has 0 aliphatic carbocycles. The molecule has 0 amide bonds. The summed E-state index contributed by atoms with van der Waals surface area (Å²) >= 11 is 5.74. The second kappa shape index (κ2) is 5.89. The number of nitrogens with zero attached hydrogens (tertiary/aromatic N) is 2. The van der Waals surface area contributed by atoms with E-state index in [0.717, 1.165) is 12.8 Å². The molecule has 0 aliphatic rings. The van der Waals surface area contributed by atoms with Gasteiger partial charge < -0.3 is 10.5 Å². The van der Waals surface area contributed by atoms with Gasteiger partial charge in [0.2, 0.25) is 11.2 Å². The van der Waals surface area contributed by atoms with Gasteiger partial charge in [-0.05, 0) is 30.9 Å². The van der Waals surface area contributed by atoms with Crippen LogP contribution < -0.4 is 10.5 Å². The van der Waals surface area contributed by atoms with Crippen molar-refractivity contribution in [1.29, 1.82) is 0 Å². The number of aromatic nitrogens is 2. The molecule has 1 aromatic rings. The molecule has 0 saturated heterocycles. The number of nitrogen functional groups attached to an aromatic ring is 1. The van der Waals surface area contributed by atoms with Crippen LogP contribution >= 0.6 is 11.6 Å². The molecule has 1 unspecified atom stereocenters. The van der Waals surface area contributed by atoms with E-state index < -0.39 is 0 Å². The number of rotatable bonds is 5. The summed E-state index contributed by atoms with van der Waals surface area (Å²) in [6.45, 7) is 6.67. The van der Waals surface area contributed by atoms with Gasteiger partial charge >= 0.3 is 0 Å². The first kappa shape index (κ1) is 13.0. The lowest BCUT2D eigenvalue weighted by Crippen LogP contribution is -2.11. The fourth-order valence-corrected chi connectivity index (χ4v) is 1.63. The SMILES string of the molecule is CCCC(C)COc1nc(Cl)nc(C)c1N. The summed E-state index contributed by atoms with van der Waals surface area (Å²) in [5.41, 5.74) is 6.92. The summed E-state index contributed by atoms with van der Waals surface area (Å²) < 4.78 is 5.55. The molecule has 4 nitrogen and oxygen atoms in total. The lowest BCUT2D eigenvalue weighted by atomic mass is 10.1. The van der Waals surface area contributed by atoms with Crippen molar-refractivity contribution in [1.82, 2.24) is 9.97 Å². The maximum absolute atomic E-state index is 5.80. The molecule has 1 atom stereocenters. The van der Waals surface area contributed by atoms with Gasteiger partial charge in [-0.25, -0.2) is 4.98 Å². The van der Waals surface area contributed by atoms with Crippen LogP contribution in [-0.2, 0) is 0 Å². The van der Waals surface area contributed by atoms with Crippen molar-refractivity contribution in [3.05, 3.63) is 11.0 Å². The molecule has 0 aliphatic heterocycles. The molecular weight excluding hydrogens is 226 g/mol. The van der Waals surface area contributed by atoms with E-state index in [2.05, 4.69) is 23.8 Å². The van der Waals surface area contributed by atoms with Crippen LogP contribution in [0.5, 0.6) is 5.88 Å². The van der Waals surface area contributed by atoms with E-state index in [1.807, 2.05) is 0 Å². The maximum atomic E-state index is 5.80. The Hall–Kier alpha value is -1.03. The first-order valence-electron chi connectivity index (χ1n) is 5.47. The minimum Gasteiger partial charge on any atom is -0.476 e. The van der Waals surface area contributed by atoms with E-state index >= 15 is 0 Å². The van der Waals surface area contributed by atoms with Gasteiger partial charge in [-0.2, -0.15) is 4.98 Å². The summed E-state index contributed by atoms with van der Waals surface area (Å²) in [5.74, 6) is 0.874. The molecule has 2 N–H and O–H groups in total. The third-order valence-corrected chi connectivity index (χ3v) is 2.53. The number of hydrogen-bond donors (Lipinski definition) is 1. The first-order valence-corrected chi connectivity index (χ1v) is 5.84. The number of nitrogens with two attached hydrogens (primary N) is 1. The van der Waals surface area contributed by atoms with Gasteiger partial charge in [0, 0.05) is 0 Å². The van der Waals surface area contributed by atoms with Gasteiger partial charge in [-0.1, -0.05) is 20.3 Å². The number of anilines is 1. The zero-order valence-corrected chi connectivity index (χ0v) is 10.7. The first-order chi connectivity index (χ1) is 7.54. The van der Waals surface area contributed by atoms with E-state index in [1.165, 1.54) is 0 Å². The molecule has 90 valence electrons. The Morgan fingerprint density at radius 2 is 2.12 bits per heavy atom. The van der Waals surface area contributed by atoms with Crippen molar-refractivity contribution in [3.8, 4) is 5.88 Å². The second-order valence-electron chi connectivity index (χ2n) is 4.00. The van der Waals surface area contributed by atoms with E-state index in [1.54, 1.807) is 6.92 Å². The summed E-state index contributed by atoms with van der Waals surface area (Å²) in [5, 5.41) is 0.171. The molecule has 5 heteroatoms. The van der Waals surface area contributed by atoms with Gasteiger partial charge in [0.25, 0.3) is 0 Å². The lowest BCUT2D eigenvalue weighted by molar-refractivity contribution is 0.244. The van der Waals surface area contributed by atoms with Gasteiger partial charge in [-0.3, -0.25) is 0 Å². The number of halogens is 1. The standard InChI is InChI=1S/C11H18ClN3O/c1-4-5-7(2)6-16-10-9(13)8(3)14-11(12)15-10/h7H,4-6,13H2,1-3H3. The van der Waals surface area contributed by atoms with Gasteiger partial charge in [0.05, 0.1) is 12.3 Å². The van der Waals surface area contributed by atoms with Crippen LogP contribution in [0.3, 0.4) is 0 Å². The summed E-state index contributed by atoms with van der Waals surface area (Å²) in [6, 6.07) is 0. The molecule has 16 heavy (non-hydrogen) atoms. The van der Waals surface area contributed by atoms with Gasteiger partial charge in [0.1, 0.15) is 5.69 Å². The van der Waals surface area contributed by atoms with Crippen LogP contribution in [0, 0.1) is 12.8 Å². The normalized spacial score (nSPS) is 12.5. The highest BCUT2D eigenvalue weighted by Crippen LogP contribution is 2.23. The molecule has 1 heterocycles. The fraction of sp³-hybridized carbons (Fsp3) is 0.636. The van der Waals surface area contributed by atoms with Crippen molar-refractivity contribution >= 4 is 17.3 Å². The van der Waals surface area contributed by atoms with Gasteiger partial charge in [-0.15, -0.1) is 0 Å². The predicted octanol–water partition coefficient (Wildman–Crippen LogP) is 2.84. The molecule has 0 bridgehead atoms. The van der Waals surface area contributed by atoms with Crippen LogP contribution in [0.25, 0.3) is 0 Å². The Balaban J connectivity index is 2.66. The molecule has 0 saturated carbocycles. The van der Waals surface area contributed by atoms with Crippen molar-refractivity contribution < 1.29 is 4.74 Å². The highest BCUT2D eigenvalue weighted by atomic mass is 35.5. The molecule has 1 aromatic heterocycles. The number of ether oxygens (including phenoxy) is 1. The molecular formula is C11H18ClN3O. The van der Waals surface area contributed by atoms with E-state index in [9.17, 15) is 0 Å². The second-order valence-corrected chi connectivity index (χ2v) is 4.34. The highest BCUT2D eigenvalue weighted by molar-refractivity contribution is 6.28. The van der Waals surface area contributed by atoms with Crippen LogP contribution in [0.1, 0.15) is 32.4 Å². The molecule has 0 spiro atoms. The summed E-state index contributed by atoms with van der Waals surface area (Å²) in [4.78, 5) is 7.92. The van der Waals surface area contributed by atoms with Crippen LogP contribution in [-0.4, -0.2) is 16.6 Å². The zero-order valence-electron chi connectivity index (χ0n) is 9.96. The van der Waals surface area contributed by atoms with E-state index in [4.69, 9.17) is 22.1 Å². The predicted molar refractivity (Wildman–Crippen MR) is 65.8 cm³/mol. The largest absolute Gasteiger partial charge is 0.476 e. The average Bonchev–Trinajstić information content (AvgIpc) is 2.21. The quantitative estimate of drug-likeness (QED) is 0.808. The highest BCUT2D eigenvalue weighted by Gasteiger charge is 2.10. The number of hydrogen-bond acceptors (Lipinski definition) is 4. The number of aryl methyl sites for hydroxylation is 1. The Morgan fingerprint density at radius 3 is 2.75 bits per heavy atom. The minimum absolute atomic E-state index is 0.171. The van der Waals surface area contributed by atoms with Crippen molar-refractivity contribution in [3.63, 3.8) is 0 Å². The smallest absolute Gasteiger partial charge is 0.241 e. The topological polar surface area (TPSA) is 61.0 Å². The monoisotopic (exact) mass is 243 g/mol. The summed E-state index contributed by atoms with van der Waals surface area (Å²) in [6.07, 6.45) is 2.27. The Kier molecular flexibility index (Phi) is 4.80.